The van der Waals surface area contributed by atoms with Crippen molar-refractivity contribution in [1.82, 2.24) is 0 Å². The quantitative estimate of drug-likeness (QED) is 0.174. The van der Waals surface area contributed by atoms with Crippen LogP contribution in [0.3, 0.4) is 0 Å². The van der Waals surface area contributed by atoms with Crippen LogP contribution in [-0.2, 0) is 5.41 Å². The van der Waals surface area contributed by atoms with Crippen molar-refractivity contribution in [2.75, 3.05) is 0 Å². The minimum absolute atomic E-state index is 0.387. The van der Waals surface area contributed by atoms with Gasteiger partial charge in [0, 0.05) is 16.2 Å². The summed E-state index contributed by atoms with van der Waals surface area (Å²) in [6.45, 7) is 0. The zero-order valence-electron chi connectivity index (χ0n) is 21.8. The second kappa shape index (κ2) is 7.24. The Bertz CT molecular complexity index is 2370. The molecule has 8 aromatic rings. The molecule has 0 fully saturated rings. The third-order valence-corrected chi connectivity index (χ3v) is 9.67. The highest BCUT2D eigenvalue weighted by molar-refractivity contribution is 6.62. The Morgan fingerprint density at radius 2 is 1.07 bits per heavy atom. The Morgan fingerprint density at radius 1 is 0.488 bits per heavy atom. The minimum atomic E-state index is -1.61. The molecular formula is C37H21BO3. The number of rotatable bonds is 1. The zero-order valence-corrected chi connectivity index (χ0v) is 21.8. The summed E-state index contributed by atoms with van der Waals surface area (Å²) in [6, 6.07) is 41.3. The van der Waals surface area contributed by atoms with Crippen LogP contribution in [-0.4, -0.2) is 17.2 Å². The molecule has 0 unspecified atom stereocenters. The van der Waals surface area contributed by atoms with Crippen LogP contribution >= 0.6 is 0 Å². The van der Waals surface area contributed by atoms with Crippen LogP contribution in [0.5, 0.6) is 0 Å². The van der Waals surface area contributed by atoms with E-state index in [2.05, 4.69) is 91.0 Å². The smallest absolute Gasteiger partial charge is 0.456 e. The van der Waals surface area contributed by atoms with Crippen LogP contribution in [0.2, 0.25) is 0 Å². The Labute approximate surface area is 235 Å². The highest BCUT2D eigenvalue weighted by Gasteiger charge is 2.51. The molecule has 4 heteroatoms. The molecule has 0 atom stereocenters. The Morgan fingerprint density at radius 3 is 1.73 bits per heavy atom. The molecule has 2 aliphatic rings. The fraction of sp³-hybridized carbons (Fsp3) is 0.0270. The van der Waals surface area contributed by atoms with Gasteiger partial charge in [0.1, 0.15) is 11.2 Å². The minimum Gasteiger partial charge on any atom is -0.456 e. The topological polar surface area (TPSA) is 53.6 Å². The first kappa shape index (κ1) is 21.9. The highest BCUT2D eigenvalue weighted by atomic mass is 16.4. The molecule has 2 aliphatic carbocycles. The number of furan rings is 1. The van der Waals surface area contributed by atoms with Crippen molar-refractivity contribution >= 4 is 56.1 Å². The van der Waals surface area contributed by atoms with Gasteiger partial charge < -0.3 is 14.5 Å². The molecule has 1 spiro atoms. The fourth-order valence-corrected chi connectivity index (χ4v) is 8.18. The Balaban J connectivity index is 1.44. The lowest BCUT2D eigenvalue weighted by molar-refractivity contribution is 0.425. The summed E-state index contributed by atoms with van der Waals surface area (Å²) < 4.78 is 6.30. The highest BCUT2D eigenvalue weighted by Crippen LogP contribution is 2.63. The Kier molecular flexibility index (Phi) is 3.86. The summed E-state index contributed by atoms with van der Waals surface area (Å²) in [4.78, 5) is 0. The molecule has 10 rings (SSSR count). The molecule has 0 radical (unpaired) electrons. The molecule has 0 saturated carbocycles. The molecule has 190 valence electrons. The van der Waals surface area contributed by atoms with E-state index in [0.29, 0.717) is 11.0 Å². The maximum Gasteiger partial charge on any atom is 0.492 e. The second-order valence-electron chi connectivity index (χ2n) is 11.4. The second-order valence-corrected chi connectivity index (χ2v) is 11.4. The van der Waals surface area contributed by atoms with Crippen molar-refractivity contribution in [1.29, 1.82) is 0 Å². The van der Waals surface area contributed by atoms with Gasteiger partial charge in [0.25, 0.3) is 0 Å². The predicted octanol–water partition coefficient (Wildman–Crippen LogP) is 7.35. The van der Waals surface area contributed by atoms with E-state index in [0.717, 1.165) is 32.5 Å². The lowest BCUT2D eigenvalue weighted by atomic mass is 9.70. The molecular weight excluding hydrogens is 503 g/mol. The summed E-state index contributed by atoms with van der Waals surface area (Å²) in [5, 5.41) is 26.8. The standard InChI is InChI=1S/C37H21BO3/c39-38(40)32-17-16-24-26-19-31-27(18-25(26)23-11-7-15-33-34(23)35(24)36(32)41-33)22-10-3-6-14-30(22)37(31)28-12-4-1-8-20(28)21-9-2-5-13-29(21)37/h1-19,39-40H. The van der Waals surface area contributed by atoms with Gasteiger partial charge in [-0.05, 0) is 84.3 Å². The first-order valence-electron chi connectivity index (χ1n) is 14.0. The van der Waals surface area contributed by atoms with Crippen LogP contribution in [0.25, 0.3) is 65.7 Å². The first-order valence-corrected chi connectivity index (χ1v) is 14.0. The van der Waals surface area contributed by atoms with E-state index in [4.69, 9.17) is 4.42 Å². The molecule has 3 nitrogen and oxygen atoms in total. The summed E-state index contributed by atoms with van der Waals surface area (Å²) >= 11 is 0. The zero-order chi connectivity index (χ0) is 27.0. The average Bonchev–Trinajstić information content (AvgIpc) is 3.64. The average molecular weight is 524 g/mol. The lowest BCUT2D eigenvalue weighted by Gasteiger charge is -2.30. The lowest BCUT2D eigenvalue weighted by Crippen LogP contribution is -2.30. The third-order valence-electron chi connectivity index (χ3n) is 9.67. The van der Waals surface area contributed by atoms with Gasteiger partial charge in [0.15, 0.2) is 0 Å². The molecule has 2 N–H and O–H groups in total. The molecule has 7 aromatic carbocycles. The van der Waals surface area contributed by atoms with E-state index in [1.807, 2.05) is 18.2 Å². The van der Waals surface area contributed by atoms with Gasteiger partial charge in [0.05, 0.1) is 5.41 Å². The van der Waals surface area contributed by atoms with Crippen molar-refractivity contribution < 1.29 is 14.5 Å². The van der Waals surface area contributed by atoms with E-state index in [9.17, 15) is 10.0 Å². The third kappa shape index (κ3) is 2.38. The summed E-state index contributed by atoms with van der Waals surface area (Å²) in [6.07, 6.45) is 0. The van der Waals surface area contributed by atoms with Crippen LogP contribution in [0, 0.1) is 0 Å². The number of hydrogen-bond donors (Lipinski definition) is 2. The number of fused-ring (bicyclic) bond motifs is 13. The molecule has 1 aromatic heterocycles. The SMILES string of the molecule is OB(O)c1ccc2c3cc4c(cc3c3cccc5oc1c2c53)-c1ccccc1C41c2ccccc2-c2ccccc21. The fourth-order valence-electron chi connectivity index (χ4n) is 8.18. The van der Waals surface area contributed by atoms with Crippen molar-refractivity contribution in [3.8, 4) is 22.3 Å². The van der Waals surface area contributed by atoms with Crippen LogP contribution < -0.4 is 5.46 Å². The molecule has 41 heavy (non-hydrogen) atoms. The van der Waals surface area contributed by atoms with Crippen LogP contribution in [0.15, 0.2) is 120 Å². The molecule has 0 amide bonds. The van der Waals surface area contributed by atoms with Gasteiger partial charge in [-0.2, -0.15) is 0 Å². The molecule has 0 aliphatic heterocycles. The van der Waals surface area contributed by atoms with Crippen molar-refractivity contribution in [3.05, 3.63) is 138 Å². The summed E-state index contributed by atoms with van der Waals surface area (Å²) in [5.41, 5.74) is 11.6. The first-order chi connectivity index (χ1) is 20.2. The van der Waals surface area contributed by atoms with Crippen molar-refractivity contribution in [2.45, 2.75) is 5.41 Å². The van der Waals surface area contributed by atoms with Gasteiger partial charge in [-0.15, -0.1) is 0 Å². The van der Waals surface area contributed by atoms with E-state index in [-0.39, 0.29) is 0 Å². The van der Waals surface area contributed by atoms with Crippen LogP contribution in [0.1, 0.15) is 22.3 Å². The molecule has 0 saturated heterocycles. The van der Waals surface area contributed by atoms with E-state index in [1.54, 1.807) is 6.07 Å². The Hall–Kier alpha value is -4.90. The van der Waals surface area contributed by atoms with Gasteiger partial charge in [-0.1, -0.05) is 97.1 Å². The predicted molar refractivity (Wildman–Crippen MR) is 166 cm³/mol. The maximum absolute atomic E-state index is 10.2. The van der Waals surface area contributed by atoms with Crippen LogP contribution in [0.4, 0.5) is 0 Å². The normalized spacial score (nSPS) is 14.3. The van der Waals surface area contributed by atoms with Crippen molar-refractivity contribution in [3.63, 3.8) is 0 Å². The van der Waals surface area contributed by atoms with E-state index in [1.165, 1.54) is 49.9 Å². The summed E-state index contributed by atoms with van der Waals surface area (Å²) in [7, 11) is -1.61. The molecule has 1 heterocycles. The monoisotopic (exact) mass is 524 g/mol. The van der Waals surface area contributed by atoms with Crippen molar-refractivity contribution in [2.24, 2.45) is 0 Å². The number of hydrogen-bond acceptors (Lipinski definition) is 3. The van der Waals surface area contributed by atoms with Gasteiger partial charge >= 0.3 is 7.12 Å². The van der Waals surface area contributed by atoms with Gasteiger partial charge in [-0.3, -0.25) is 0 Å². The van der Waals surface area contributed by atoms with E-state index >= 15 is 0 Å². The largest absolute Gasteiger partial charge is 0.492 e. The maximum atomic E-state index is 10.2. The van der Waals surface area contributed by atoms with Gasteiger partial charge in [-0.25, -0.2) is 0 Å². The van der Waals surface area contributed by atoms with E-state index < -0.39 is 12.5 Å². The molecule has 0 bridgehead atoms. The van der Waals surface area contributed by atoms with Gasteiger partial charge in [0.2, 0.25) is 0 Å². The number of benzene rings is 7. The summed E-state index contributed by atoms with van der Waals surface area (Å²) in [5.74, 6) is 0.